The lowest BCUT2D eigenvalue weighted by atomic mass is 10.1. The van der Waals surface area contributed by atoms with E-state index in [4.69, 9.17) is 11.6 Å². The molecule has 0 heterocycles. The lowest BCUT2D eigenvalue weighted by Crippen LogP contribution is -2.40. The second-order valence-electron chi connectivity index (χ2n) is 7.44. The van der Waals surface area contributed by atoms with Crippen LogP contribution in [0.4, 0.5) is 5.69 Å². The summed E-state index contributed by atoms with van der Waals surface area (Å²) in [5.41, 5.74) is 4.45. The largest absolute Gasteiger partial charge is 0.350 e. The molecule has 0 saturated heterocycles. The molecule has 0 unspecified atom stereocenters. The second kappa shape index (κ2) is 9.54. The van der Waals surface area contributed by atoms with Gasteiger partial charge < -0.3 is 5.32 Å². The molecule has 0 aliphatic rings. The van der Waals surface area contributed by atoms with E-state index in [0.29, 0.717) is 17.3 Å². The Hall–Kier alpha value is -2.83. The SMILES string of the molecule is Cc1ccc(N(CC(=O)NCc2ccccc2C)S(=O)(=O)c2ccc(Cl)cc2)cc1C. The van der Waals surface area contributed by atoms with Crippen LogP contribution in [0.5, 0.6) is 0 Å². The van der Waals surface area contributed by atoms with E-state index in [9.17, 15) is 13.2 Å². The van der Waals surface area contributed by atoms with Crippen LogP contribution in [0.3, 0.4) is 0 Å². The molecule has 1 amide bonds. The number of nitrogens with one attached hydrogen (secondary N) is 1. The predicted octanol–water partition coefficient (Wildman–Crippen LogP) is 4.78. The lowest BCUT2D eigenvalue weighted by Gasteiger charge is -2.25. The van der Waals surface area contributed by atoms with Gasteiger partial charge in [0.15, 0.2) is 0 Å². The van der Waals surface area contributed by atoms with E-state index in [-0.39, 0.29) is 17.3 Å². The van der Waals surface area contributed by atoms with Gasteiger partial charge in [0.25, 0.3) is 10.0 Å². The number of nitrogens with zero attached hydrogens (tertiary/aromatic N) is 1. The summed E-state index contributed by atoms with van der Waals surface area (Å²) in [6.07, 6.45) is 0. The minimum atomic E-state index is -3.97. The number of halogens is 1. The van der Waals surface area contributed by atoms with Crippen LogP contribution in [0.15, 0.2) is 71.6 Å². The number of carbonyl (C=O) groups excluding carboxylic acids is 1. The van der Waals surface area contributed by atoms with E-state index in [1.165, 1.54) is 24.3 Å². The molecule has 0 radical (unpaired) electrons. The van der Waals surface area contributed by atoms with Gasteiger partial charge in [-0.2, -0.15) is 0 Å². The van der Waals surface area contributed by atoms with Crippen molar-refractivity contribution < 1.29 is 13.2 Å². The average molecular weight is 457 g/mol. The van der Waals surface area contributed by atoms with Crippen molar-refractivity contribution in [2.24, 2.45) is 0 Å². The van der Waals surface area contributed by atoms with Crippen LogP contribution >= 0.6 is 11.6 Å². The summed E-state index contributed by atoms with van der Waals surface area (Å²) in [5, 5.41) is 3.27. The van der Waals surface area contributed by atoms with Crippen LogP contribution < -0.4 is 9.62 Å². The Labute approximate surface area is 188 Å². The van der Waals surface area contributed by atoms with Crippen LogP contribution in [0.2, 0.25) is 5.02 Å². The van der Waals surface area contributed by atoms with Gasteiger partial charge >= 0.3 is 0 Å². The van der Waals surface area contributed by atoms with Crippen molar-refractivity contribution in [1.29, 1.82) is 0 Å². The highest BCUT2D eigenvalue weighted by molar-refractivity contribution is 7.92. The number of rotatable bonds is 7. The number of carbonyl (C=O) groups is 1. The Morgan fingerprint density at radius 3 is 2.23 bits per heavy atom. The number of anilines is 1. The first-order valence-corrected chi connectivity index (χ1v) is 11.7. The standard InChI is InChI=1S/C24H25ClN2O3S/c1-17-8-11-22(14-19(17)3)27(31(29,30)23-12-9-21(25)10-13-23)16-24(28)26-15-20-7-5-4-6-18(20)2/h4-14H,15-16H2,1-3H3,(H,26,28). The summed E-state index contributed by atoms with van der Waals surface area (Å²) in [6.45, 7) is 5.82. The molecule has 3 aromatic carbocycles. The van der Waals surface area contributed by atoms with Crippen LogP contribution in [0.1, 0.15) is 22.3 Å². The third-order valence-electron chi connectivity index (χ3n) is 5.20. The summed E-state index contributed by atoms with van der Waals surface area (Å²) in [5.74, 6) is -0.390. The van der Waals surface area contributed by atoms with Crippen LogP contribution in [0, 0.1) is 20.8 Å². The quantitative estimate of drug-likeness (QED) is 0.556. The molecule has 0 aliphatic carbocycles. The third kappa shape index (κ3) is 5.46. The number of hydrogen-bond donors (Lipinski definition) is 1. The molecule has 162 valence electrons. The minimum absolute atomic E-state index is 0.0711. The number of sulfonamides is 1. The van der Waals surface area contributed by atoms with Gasteiger partial charge in [-0.1, -0.05) is 41.9 Å². The van der Waals surface area contributed by atoms with Gasteiger partial charge in [0.1, 0.15) is 6.54 Å². The molecule has 31 heavy (non-hydrogen) atoms. The number of hydrogen-bond acceptors (Lipinski definition) is 3. The van der Waals surface area contributed by atoms with E-state index in [1.54, 1.807) is 12.1 Å². The van der Waals surface area contributed by atoms with Crippen molar-refractivity contribution in [1.82, 2.24) is 5.32 Å². The van der Waals surface area contributed by atoms with Crippen LogP contribution in [-0.2, 0) is 21.4 Å². The Kier molecular flexibility index (Phi) is 7.03. The molecule has 3 aromatic rings. The molecule has 7 heteroatoms. The number of amides is 1. The first-order chi connectivity index (χ1) is 14.7. The third-order valence-corrected chi connectivity index (χ3v) is 7.24. The minimum Gasteiger partial charge on any atom is -0.350 e. The Bertz CT molecular complexity index is 1190. The van der Waals surface area contributed by atoms with E-state index in [1.807, 2.05) is 51.1 Å². The maximum Gasteiger partial charge on any atom is 0.264 e. The van der Waals surface area contributed by atoms with Crippen molar-refractivity contribution >= 4 is 33.2 Å². The van der Waals surface area contributed by atoms with Gasteiger partial charge in [-0.3, -0.25) is 9.10 Å². The molecular formula is C24H25ClN2O3S. The molecule has 0 saturated carbocycles. The normalized spacial score (nSPS) is 11.2. The average Bonchev–Trinajstić information content (AvgIpc) is 2.74. The maximum atomic E-state index is 13.4. The molecule has 0 bridgehead atoms. The molecule has 5 nitrogen and oxygen atoms in total. The molecule has 0 aliphatic heterocycles. The van der Waals surface area contributed by atoms with Gasteiger partial charge in [-0.15, -0.1) is 0 Å². The fraction of sp³-hybridized carbons (Fsp3) is 0.208. The van der Waals surface area contributed by atoms with Crippen molar-refractivity contribution in [3.8, 4) is 0 Å². The van der Waals surface area contributed by atoms with Crippen LogP contribution in [0.25, 0.3) is 0 Å². The predicted molar refractivity (Wildman–Crippen MR) is 125 cm³/mol. The van der Waals surface area contributed by atoms with Crippen LogP contribution in [-0.4, -0.2) is 20.9 Å². The zero-order valence-corrected chi connectivity index (χ0v) is 19.3. The molecular weight excluding hydrogens is 432 g/mol. The van der Waals surface area contributed by atoms with Gasteiger partial charge in [-0.25, -0.2) is 8.42 Å². The van der Waals surface area contributed by atoms with Crippen molar-refractivity contribution in [2.75, 3.05) is 10.8 Å². The van der Waals surface area contributed by atoms with E-state index in [0.717, 1.165) is 26.6 Å². The van der Waals surface area contributed by atoms with Gasteiger partial charge in [0.05, 0.1) is 10.6 Å². The van der Waals surface area contributed by atoms with E-state index < -0.39 is 10.0 Å². The molecule has 0 fully saturated rings. The smallest absolute Gasteiger partial charge is 0.264 e. The van der Waals surface area contributed by atoms with E-state index >= 15 is 0 Å². The molecule has 0 aromatic heterocycles. The summed E-state index contributed by atoms with van der Waals surface area (Å²) in [7, 11) is -3.97. The molecule has 0 atom stereocenters. The molecule has 1 N–H and O–H groups in total. The summed E-state index contributed by atoms with van der Waals surface area (Å²) in [6, 6.07) is 19.0. The van der Waals surface area contributed by atoms with Gasteiger partial charge in [0, 0.05) is 11.6 Å². The summed E-state index contributed by atoms with van der Waals surface area (Å²) in [4.78, 5) is 12.8. The Morgan fingerprint density at radius 1 is 0.903 bits per heavy atom. The fourth-order valence-electron chi connectivity index (χ4n) is 3.12. The van der Waals surface area contributed by atoms with Crippen molar-refractivity contribution in [2.45, 2.75) is 32.2 Å². The highest BCUT2D eigenvalue weighted by atomic mass is 35.5. The van der Waals surface area contributed by atoms with E-state index in [2.05, 4.69) is 5.32 Å². The number of benzene rings is 3. The Morgan fingerprint density at radius 2 is 1.58 bits per heavy atom. The summed E-state index contributed by atoms with van der Waals surface area (Å²) >= 11 is 5.92. The first-order valence-electron chi connectivity index (χ1n) is 9.85. The van der Waals surface area contributed by atoms with Crippen molar-refractivity contribution in [3.63, 3.8) is 0 Å². The topological polar surface area (TPSA) is 66.5 Å². The maximum absolute atomic E-state index is 13.4. The van der Waals surface area contributed by atoms with Crippen molar-refractivity contribution in [3.05, 3.63) is 94.0 Å². The highest BCUT2D eigenvalue weighted by Gasteiger charge is 2.27. The lowest BCUT2D eigenvalue weighted by molar-refractivity contribution is -0.119. The molecule has 0 spiro atoms. The zero-order valence-electron chi connectivity index (χ0n) is 17.7. The Balaban J connectivity index is 1.90. The number of aryl methyl sites for hydroxylation is 3. The second-order valence-corrected chi connectivity index (χ2v) is 9.74. The zero-order chi connectivity index (χ0) is 22.6. The van der Waals surface area contributed by atoms with Gasteiger partial charge in [-0.05, 0) is 79.4 Å². The molecule has 3 rings (SSSR count). The fourth-order valence-corrected chi connectivity index (χ4v) is 4.66. The summed E-state index contributed by atoms with van der Waals surface area (Å²) < 4.78 is 27.9. The first kappa shape index (κ1) is 22.8. The highest BCUT2D eigenvalue weighted by Crippen LogP contribution is 2.26. The monoisotopic (exact) mass is 456 g/mol. The van der Waals surface area contributed by atoms with Gasteiger partial charge in [0.2, 0.25) is 5.91 Å².